The Labute approximate surface area is 148 Å². The molecular weight excluding hydrogens is 404 g/mol. The van der Waals surface area contributed by atoms with Crippen molar-refractivity contribution in [2.75, 3.05) is 13.1 Å². The molecule has 1 aromatic carbocycles. The van der Waals surface area contributed by atoms with Gasteiger partial charge in [0, 0.05) is 17.8 Å². The van der Waals surface area contributed by atoms with E-state index in [0.29, 0.717) is 30.4 Å². The second-order valence-corrected chi connectivity index (χ2v) is 8.36. The molecule has 5 nitrogen and oxygen atoms in total. The molecule has 0 amide bonds. The standard InChI is InChI=1S/C15H14BrClN2O3S/c16-14-2-1-8-18-15(14)22-12-7-9-19(10-12)23(20,21)13-5-3-11(17)4-6-13/h1-6,8,12H,7,9-10H2. The highest BCUT2D eigenvalue weighted by Gasteiger charge is 2.34. The molecule has 1 aromatic heterocycles. The van der Waals surface area contributed by atoms with Crippen LogP contribution < -0.4 is 4.74 Å². The van der Waals surface area contributed by atoms with Gasteiger partial charge < -0.3 is 4.74 Å². The van der Waals surface area contributed by atoms with Crippen LogP contribution in [0.5, 0.6) is 5.88 Å². The van der Waals surface area contributed by atoms with E-state index >= 15 is 0 Å². The lowest BCUT2D eigenvalue weighted by molar-refractivity contribution is 0.205. The lowest BCUT2D eigenvalue weighted by Crippen LogP contribution is -2.31. The Morgan fingerprint density at radius 1 is 1.26 bits per heavy atom. The minimum Gasteiger partial charge on any atom is -0.472 e. The first-order valence-electron chi connectivity index (χ1n) is 7.00. The van der Waals surface area contributed by atoms with E-state index in [-0.39, 0.29) is 11.0 Å². The fourth-order valence-corrected chi connectivity index (χ4v) is 4.34. The van der Waals surface area contributed by atoms with E-state index in [1.165, 1.54) is 16.4 Å². The van der Waals surface area contributed by atoms with Gasteiger partial charge in [0.05, 0.1) is 15.9 Å². The first-order chi connectivity index (χ1) is 11.0. The van der Waals surface area contributed by atoms with Gasteiger partial charge in [0.2, 0.25) is 15.9 Å². The molecule has 8 heteroatoms. The van der Waals surface area contributed by atoms with E-state index in [1.54, 1.807) is 24.4 Å². The van der Waals surface area contributed by atoms with Crippen molar-refractivity contribution in [3.8, 4) is 5.88 Å². The Hall–Kier alpha value is -1.15. The molecule has 1 fully saturated rings. The zero-order valence-electron chi connectivity index (χ0n) is 12.0. The van der Waals surface area contributed by atoms with Gasteiger partial charge in [-0.3, -0.25) is 0 Å². The quantitative estimate of drug-likeness (QED) is 0.765. The number of ether oxygens (including phenoxy) is 1. The number of rotatable bonds is 4. The summed E-state index contributed by atoms with van der Waals surface area (Å²) >= 11 is 9.18. The van der Waals surface area contributed by atoms with E-state index in [2.05, 4.69) is 20.9 Å². The first kappa shape index (κ1) is 16.7. The first-order valence-corrected chi connectivity index (χ1v) is 9.61. The maximum Gasteiger partial charge on any atom is 0.243 e. The van der Waals surface area contributed by atoms with E-state index in [9.17, 15) is 8.42 Å². The zero-order valence-corrected chi connectivity index (χ0v) is 15.2. The van der Waals surface area contributed by atoms with Crippen LogP contribution in [0.2, 0.25) is 5.02 Å². The number of benzene rings is 1. The normalized spacial score (nSPS) is 19.0. The number of hydrogen-bond acceptors (Lipinski definition) is 4. The Morgan fingerprint density at radius 2 is 2.00 bits per heavy atom. The second-order valence-electron chi connectivity index (χ2n) is 5.14. The van der Waals surface area contributed by atoms with Crippen LogP contribution in [0.25, 0.3) is 0 Å². The third kappa shape index (κ3) is 3.68. The summed E-state index contributed by atoms with van der Waals surface area (Å²) in [4.78, 5) is 4.38. The molecule has 1 unspecified atom stereocenters. The molecule has 0 radical (unpaired) electrons. The third-order valence-electron chi connectivity index (χ3n) is 3.56. The molecule has 0 N–H and O–H groups in total. The second kappa shape index (κ2) is 6.76. The van der Waals surface area contributed by atoms with Gasteiger partial charge in [0.15, 0.2) is 0 Å². The van der Waals surface area contributed by atoms with Crippen molar-refractivity contribution >= 4 is 37.6 Å². The van der Waals surface area contributed by atoms with Gasteiger partial charge in [-0.2, -0.15) is 4.31 Å². The number of hydrogen-bond donors (Lipinski definition) is 0. The van der Waals surface area contributed by atoms with Gasteiger partial charge >= 0.3 is 0 Å². The van der Waals surface area contributed by atoms with Gasteiger partial charge in [-0.15, -0.1) is 0 Å². The Balaban J connectivity index is 1.72. The smallest absolute Gasteiger partial charge is 0.243 e. The fourth-order valence-electron chi connectivity index (χ4n) is 2.38. The van der Waals surface area contributed by atoms with Crippen LogP contribution in [-0.4, -0.2) is 36.9 Å². The molecular formula is C15H14BrClN2O3S. The molecule has 122 valence electrons. The topological polar surface area (TPSA) is 59.5 Å². The zero-order chi connectivity index (χ0) is 16.4. The monoisotopic (exact) mass is 416 g/mol. The van der Waals surface area contributed by atoms with Crippen molar-refractivity contribution in [3.05, 3.63) is 52.1 Å². The molecule has 0 spiro atoms. The van der Waals surface area contributed by atoms with Crippen molar-refractivity contribution in [3.63, 3.8) is 0 Å². The molecule has 1 atom stereocenters. The molecule has 2 aromatic rings. The number of sulfonamides is 1. The molecule has 23 heavy (non-hydrogen) atoms. The molecule has 0 saturated carbocycles. The van der Waals surface area contributed by atoms with Crippen LogP contribution in [-0.2, 0) is 10.0 Å². The number of aromatic nitrogens is 1. The van der Waals surface area contributed by atoms with Crippen LogP contribution >= 0.6 is 27.5 Å². The number of nitrogens with zero attached hydrogens (tertiary/aromatic N) is 2. The Morgan fingerprint density at radius 3 is 2.70 bits per heavy atom. The summed E-state index contributed by atoms with van der Waals surface area (Å²) < 4.78 is 33.2. The molecule has 1 aliphatic rings. The van der Waals surface area contributed by atoms with Crippen molar-refractivity contribution < 1.29 is 13.2 Å². The fraction of sp³-hybridized carbons (Fsp3) is 0.267. The van der Waals surface area contributed by atoms with E-state index in [4.69, 9.17) is 16.3 Å². The highest BCUT2D eigenvalue weighted by atomic mass is 79.9. The lowest BCUT2D eigenvalue weighted by Gasteiger charge is -2.17. The minimum atomic E-state index is -3.53. The number of halogens is 2. The predicted molar refractivity (Wildman–Crippen MR) is 91.2 cm³/mol. The van der Waals surface area contributed by atoms with Crippen molar-refractivity contribution in [2.45, 2.75) is 17.4 Å². The summed E-state index contributed by atoms with van der Waals surface area (Å²) in [5, 5.41) is 0.506. The highest BCUT2D eigenvalue weighted by Crippen LogP contribution is 2.27. The van der Waals surface area contributed by atoms with Crippen molar-refractivity contribution in [1.82, 2.24) is 9.29 Å². The van der Waals surface area contributed by atoms with E-state index in [1.807, 2.05) is 6.07 Å². The summed E-state index contributed by atoms with van der Waals surface area (Å²) in [5.74, 6) is 0.475. The Kier molecular flexibility index (Phi) is 4.91. The number of pyridine rings is 1. The summed E-state index contributed by atoms with van der Waals surface area (Å²) in [7, 11) is -3.53. The van der Waals surface area contributed by atoms with Crippen LogP contribution in [0, 0.1) is 0 Å². The summed E-state index contributed by atoms with van der Waals surface area (Å²) in [6.07, 6.45) is 2.04. The summed E-state index contributed by atoms with van der Waals surface area (Å²) in [6.45, 7) is 0.716. The highest BCUT2D eigenvalue weighted by molar-refractivity contribution is 9.10. The van der Waals surface area contributed by atoms with E-state index < -0.39 is 10.0 Å². The van der Waals surface area contributed by atoms with Gasteiger partial charge in [-0.05, 0) is 58.7 Å². The predicted octanol–water partition coefficient (Wildman–Crippen LogP) is 3.34. The lowest BCUT2D eigenvalue weighted by atomic mass is 10.3. The van der Waals surface area contributed by atoms with Crippen LogP contribution in [0.15, 0.2) is 52.0 Å². The minimum absolute atomic E-state index is 0.219. The van der Waals surface area contributed by atoms with E-state index in [0.717, 1.165) is 4.47 Å². The average Bonchev–Trinajstić information content (AvgIpc) is 2.99. The largest absolute Gasteiger partial charge is 0.472 e. The van der Waals surface area contributed by atoms with Gasteiger partial charge in [-0.25, -0.2) is 13.4 Å². The van der Waals surface area contributed by atoms with Gasteiger partial charge in [-0.1, -0.05) is 11.6 Å². The SMILES string of the molecule is O=S(=O)(c1ccc(Cl)cc1)N1CCC(Oc2ncccc2Br)C1. The third-order valence-corrected chi connectivity index (χ3v) is 6.30. The summed E-state index contributed by atoms with van der Waals surface area (Å²) in [6, 6.07) is 9.80. The molecule has 1 aliphatic heterocycles. The van der Waals surface area contributed by atoms with Crippen molar-refractivity contribution in [1.29, 1.82) is 0 Å². The molecule has 0 aliphatic carbocycles. The molecule has 0 bridgehead atoms. The summed E-state index contributed by atoms with van der Waals surface area (Å²) in [5.41, 5.74) is 0. The molecule has 2 heterocycles. The van der Waals surface area contributed by atoms with Crippen LogP contribution in [0.1, 0.15) is 6.42 Å². The van der Waals surface area contributed by atoms with Gasteiger partial charge in [0.25, 0.3) is 0 Å². The maximum atomic E-state index is 12.6. The van der Waals surface area contributed by atoms with Crippen LogP contribution in [0.3, 0.4) is 0 Å². The van der Waals surface area contributed by atoms with Gasteiger partial charge in [0.1, 0.15) is 6.10 Å². The average molecular weight is 418 g/mol. The van der Waals surface area contributed by atoms with Crippen molar-refractivity contribution in [2.24, 2.45) is 0 Å². The molecule has 3 rings (SSSR count). The maximum absolute atomic E-state index is 12.6. The Bertz CT molecular complexity index is 799. The van der Waals surface area contributed by atoms with Crippen LogP contribution in [0.4, 0.5) is 0 Å². The molecule has 1 saturated heterocycles.